The number of rotatable bonds is 5. The van der Waals surface area contributed by atoms with Crippen LogP contribution in [0.3, 0.4) is 0 Å². The van der Waals surface area contributed by atoms with Crippen molar-refractivity contribution in [3.8, 4) is 16.9 Å². The Hall–Kier alpha value is -3.61. The molecule has 2 N–H and O–H groups in total. The zero-order chi connectivity index (χ0) is 27.3. The van der Waals surface area contributed by atoms with Gasteiger partial charge in [-0.15, -0.1) is 24.5 Å². The Morgan fingerprint density at radius 3 is 2.25 bits per heavy atom. The van der Waals surface area contributed by atoms with E-state index in [1.54, 1.807) is 0 Å². The quantitative estimate of drug-likeness (QED) is 0.354. The Bertz CT molecular complexity index is 1400. The van der Waals surface area contributed by atoms with Crippen LogP contribution < -0.4 is 10.1 Å². The molecule has 0 bridgehead atoms. The molecule has 0 aliphatic carbocycles. The van der Waals surface area contributed by atoms with Gasteiger partial charge in [0.15, 0.2) is 23.3 Å². The molecule has 0 aliphatic rings. The minimum Gasteiger partial charge on any atom is -0.477 e. The average molecular weight is 483 g/mol. The Balaban J connectivity index is 2.22. The SMILES string of the molecule is [2H]c1c([2H])c(OC(F)(F)F)c([2H])c(-c2c(F)c(F)c(NC(=O)c3ccsc3C(=O)O)c(F)c2F)c1[2H]. The summed E-state index contributed by atoms with van der Waals surface area (Å²) in [6, 6.07) is -5.01. The predicted octanol–water partition coefficient (Wildman–Crippen LogP) is 5.82. The number of thiophene rings is 1. The molecule has 2 aromatic carbocycles. The van der Waals surface area contributed by atoms with Gasteiger partial charge in [-0.2, -0.15) is 0 Å². The summed E-state index contributed by atoms with van der Waals surface area (Å²) in [5.41, 5.74) is -5.77. The maximum absolute atomic E-state index is 14.9. The Morgan fingerprint density at radius 1 is 1.06 bits per heavy atom. The second-order valence-electron chi connectivity index (χ2n) is 5.68. The maximum Gasteiger partial charge on any atom is 0.573 e. The molecule has 5 nitrogen and oxygen atoms in total. The number of halogens is 7. The lowest BCUT2D eigenvalue weighted by molar-refractivity contribution is -0.274. The topological polar surface area (TPSA) is 75.6 Å². The first-order valence-electron chi connectivity index (χ1n) is 9.92. The maximum atomic E-state index is 14.9. The Morgan fingerprint density at radius 2 is 1.69 bits per heavy atom. The summed E-state index contributed by atoms with van der Waals surface area (Å²) < 4.78 is 131. The molecule has 168 valence electrons. The van der Waals surface area contributed by atoms with Crippen LogP contribution in [0.4, 0.5) is 36.4 Å². The van der Waals surface area contributed by atoms with Crippen molar-refractivity contribution in [1.29, 1.82) is 0 Å². The molecule has 0 unspecified atom stereocenters. The van der Waals surface area contributed by atoms with Crippen molar-refractivity contribution in [3.63, 3.8) is 0 Å². The molecule has 0 spiro atoms. The number of anilines is 1. The van der Waals surface area contributed by atoms with Crippen molar-refractivity contribution in [2.24, 2.45) is 0 Å². The van der Waals surface area contributed by atoms with Crippen molar-refractivity contribution in [2.45, 2.75) is 6.36 Å². The van der Waals surface area contributed by atoms with Gasteiger partial charge >= 0.3 is 12.3 Å². The van der Waals surface area contributed by atoms with Crippen molar-refractivity contribution in [2.75, 3.05) is 5.32 Å². The molecule has 0 radical (unpaired) electrons. The summed E-state index contributed by atoms with van der Waals surface area (Å²) in [7, 11) is 0. The number of benzene rings is 2. The van der Waals surface area contributed by atoms with Gasteiger partial charge in [0.1, 0.15) is 16.3 Å². The highest BCUT2D eigenvalue weighted by Gasteiger charge is 2.32. The predicted molar refractivity (Wildman–Crippen MR) is 97.6 cm³/mol. The third-order valence-electron chi connectivity index (χ3n) is 3.68. The first-order chi connectivity index (χ1) is 16.6. The van der Waals surface area contributed by atoms with Crippen LogP contribution in [0.1, 0.15) is 25.5 Å². The summed E-state index contributed by atoms with van der Waals surface area (Å²) in [6.45, 7) is 0. The van der Waals surface area contributed by atoms with E-state index in [0.29, 0.717) is 11.3 Å². The van der Waals surface area contributed by atoms with Crippen LogP contribution in [0.15, 0.2) is 35.6 Å². The third-order valence-corrected chi connectivity index (χ3v) is 4.58. The molecule has 3 rings (SSSR count). The van der Waals surface area contributed by atoms with Gasteiger partial charge in [0.05, 0.1) is 16.6 Å². The molecule has 0 saturated carbocycles. The normalized spacial score (nSPS) is 13.1. The van der Waals surface area contributed by atoms with E-state index >= 15 is 0 Å². The lowest BCUT2D eigenvalue weighted by atomic mass is 10.0. The van der Waals surface area contributed by atoms with Crippen molar-refractivity contribution < 1.29 is 55.6 Å². The number of carboxylic acids is 1. The van der Waals surface area contributed by atoms with Gasteiger partial charge < -0.3 is 15.2 Å². The number of ether oxygens (including phenoxy) is 1. The van der Waals surface area contributed by atoms with E-state index < -0.39 is 98.7 Å². The van der Waals surface area contributed by atoms with Gasteiger partial charge in [0.2, 0.25) is 0 Å². The summed E-state index contributed by atoms with van der Waals surface area (Å²) in [6.07, 6.45) is -5.54. The standard InChI is InChI=1S/C19H8F7NO4S/c20-11-10(7-2-1-3-8(6-7)31-19(24,25)26)12(21)14(23)15(13(11)22)27-17(28)9-4-5-32-16(9)18(29)30/h1-6H,(H,27,28)(H,29,30)/i1D,2D,3D,6D. The van der Waals surface area contributed by atoms with Crippen molar-refractivity contribution in [3.05, 3.63) is 69.3 Å². The van der Waals surface area contributed by atoms with Crippen LogP contribution in [-0.2, 0) is 0 Å². The number of hydrogen-bond donors (Lipinski definition) is 2. The molecule has 0 aliphatic heterocycles. The van der Waals surface area contributed by atoms with Crippen LogP contribution in [0.25, 0.3) is 11.1 Å². The number of aromatic carboxylic acids is 1. The van der Waals surface area contributed by atoms with Gasteiger partial charge in [-0.3, -0.25) is 4.79 Å². The minimum absolute atomic E-state index is 0.559. The smallest absolute Gasteiger partial charge is 0.477 e. The fraction of sp³-hybridized carbons (Fsp3) is 0.0526. The number of carbonyl (C=O) groups is 2. The molecule has 0 atom stereocenters. The number of carboxylic acid groups (broad SMARTS) is 1. The summed E-state index contributed by atoms with van der Waals surface area (Å²) in [5, 5.41) is 11.6. The highest BCUT2D eigenvalue weighted by molar-refractivity contribution is 7.12. The number of hydrogen-bond acceptors (Lipinski definition) is 4. The van der Waals surface area contributed by atoms with E-state index in [1.807, 2.05) is 0 Å². The fourth-order valence-corrected chi connectivity index (χ4v) is 3.14. The van der Waals surface area contributed by atoms with Gasteiger partial charge in [0, 0.05) is 0 Å². The average Bonchev–Trinajstić information content (AvgIpc) is 3.29. The molecule has 13 heteroatoms. The summed E-state index contributed by atoms with van der Waals surface area (Å²) >= 11 is 0.559. The molecule has 3 aromatic rings. The molecule has 1 aromatic heterocycles. The molecular formula is C19H8F7NO4S. The number of alkyl halides is 3. The van der Waals surface area contributed by atoms with Crippen LogP contribution in [0, 0.1) is 23.3 Å². The second-order valence-corrected chi connectivity index (χ2v) is 6.60. The van der Waals surface area contributed by atoms with E-state index in [4.69, 9.17) is 10.6 Å². The molecule has 1 amide bonds. The lowest BCUT2D eigenvalue weighted by Gasteiger charge is -2.14. The van der Waals surface area contributed by atoms with E-state index in [0.717, 1.165) is 11.4 Å². The van der Waals surface area contributed by atoms with Crippen LogP contribution in [-0.4, -0.2) is 23.3 Å². The van der Waals surface area contributed by atoms with E-state index in [2.05, 4.69) is 4.74 Å². The van der Waals surface area contributed by atoms with Gasteiger partial charge in [-0.1, -0.05) is 12.1 Å². The fourth-order valence-electron chi connectivity index (χ4n) is 2.41. The first kappa shape index (κ1) is 18.0. The molecular weight excluding hydrogens is 471 g/mol. The number of amides is 1. The Labute approximate surface area is 183 Å². The highest BCUT2D eigenvalue weighted by Crippen LogP contribution is 2.37. The van der Waals surface area contributed by atoms with Gasteiger partial charge in [-0.25, -0.2) is 22.4 Å². The van der Waals surface area contributed by atoms with Crippen LogP contribution in [0.5, 0.6) is 5.75 Å². The summed E-state index contributed by atoms with van der Waals surface area (Å²) in [4.78, 5) is 22.8. The minimum atomic E-state index is -5.54. The van der Waals surface area contributed by atoms with Crippen molar-refractivity contribution in [1.82, 2.24) is 0 Å². The third kappa shape index (κ3) is 4.51. The number of nitrogens with one attached hydrogen (secondary N) is 1. The van der Waals surface area contributed by atoms with E-state index in [-0.39, 0.29) is 0 Å². The van der Waals surface area contributed by atoms with E-state index in [9.17, 15) is 40.3 Å². The monoisotopic (exact) mass is 483 g/mol. The van der Waals surface area contributed by atoms with Crippen molar-refractivity contribution >= 4 is 28.9 Å². The number of carbonyl (C=O) groups excluding carboxylic acids is 1. The lowest BCUT2D eigenvalue weighted by Crippen LogP contribution is -2.18. The summed E-state index contributed by atoms with van der Waals surface area (Å²) in [5.74, 6) is -14.2. The van der Waals surface area contributed by atoms with Gasteiger partial charge in [-0.05, 0) is 29.1 Å². The van der Waals surface area contributed by atoms with E-state index in [1.165, 1.54) is 5.32 Å². The molecule has 1 heterocycles. The highest BCUT2D eigenvalue weighted by atomic mass is 32.1. The second kappa shape index (κ2) is 8.49. The van der Waals surface area contributed by atoms with Gasteiger partial charge in [0.25, 0.3) is 5.91 Å². The molecule has 0 fully saturated rings. The van der Waals surface area contributed by atoms with Crippen LogP contribution >= 0.6 is 11.3 Å². The molecule has 32 heavy (non-hydrogen) atoms. The largest absolute Gasteiger partial charge is 0.573 e. The first-order valence-corrected chi connectivity index (χ1v) is 8.80. The zero-order valence-corrected chi connectivity index (χ0v) is 15.7. The Kier molecular flexibility index (Phi) is 4.78. The van der Waals surface area contributed by atoms with Crippen LogP contribution in [0.2, 0.25) is 0 Å². The zero-order valence-electron chi connectivity index (χ0n) is 18.9. The molecule has 0 saturated heterocycles.